The Hall–Kier alpha value is -2.87. The highest BCUT2D eigenvalue weighted by Crippen LogP contribution is 2.27. The van der Waals surface area contributed by atoms with Crippen LogP contribution in [0.3, 0.4) is 0 Å². The predicted molar refractivity (Wildman–Crippen MR) is 101 cm³/mol. The molecule has 1 aliphatic heterocycles. The van der Waals surface area contributed by atoms with E-state index in [2.05, 4.69) is 15.5 Å². The summed E-state index contributed by atoms with van der Waals surface area (Å²) in [5.74, 6) is 2.11. The summed E-state index contributed by atoms with van der Waals surface area (Å²) < 4.78 is 10.8. The van der Waals surface area contributed by atoms with Crippen LogP contribution in [0.4, 0.5) is 4.79 Å². The van der Waals surface area contributed by atoms with Gasteiger partial charge in [-0.15, -0.1) is 11.3 Å². The first-order valence-electron chi connectivity index (χ1n) is 8.72. The maximum Gasteiger partial charge on any atom is 0.317 e. The van der Waals surface area contributed by atoms with Gasteiger partial charge in [0.15, 0.2) is 5.82 Å². The van der Waals surface area contributed by atoms with Gasteiger partial charge in [0.1, 0.15) is 5.75 Å². The van der Waals surface area contributed by atoms with Gasteiger partial charge in [-0.05, 0) is 17.5 Å². The van der Waals surface area contributed by atoms with Crippen LogP contribution >= 0.6 is 11.3 Å². The molecule has 4 rings (SSSR count). The van der Waals surface area contributed by atoms with Crippen molar-refractivity contribution in [1.29, 1.82) is 0 Å². The molecule has 0 bridgehead atoms. The van der Waals surface area contributed by atoms with E-state index in [1.54, 1.807) is 23.3 Å². The van der Waals surface area contributed by atoms with Gasteiger partial charge in [-0.1, -0.05) is 29.4 Å². The lowest BCUT2D eigenvalue weighted by Crippen LogP contribution is -2.52. The summed E-state index contributed by atoms with van der Waals surface area (Å²) in [5.41, 5.74) is 1.01. The third-order valence-electron chi connectivity index (χ3n) is 4.54. The van der Waals surface area contributed by atoms with Gasteiger partial charge in [0.25, 0.3) is 0 Å². The van der Waals surface area contributed by atoms with E-state index in [1.807, 2.05) is 41.8 Å². The minimum absolute atomic E-state index is 0.0617. The lowest BCUT2D eigenvalue weighted by Gasteiger charge is -2.36. The van der Waals surface area contributed by atoms with Crippen molar-refractivity contribution in [3.63, 3.8) is 0 Å². The standard InChI is InChI=1S/C19H20N4O3S/c1-25-16-7-3-2-5-13(16)9-17-21-18(26-22-17)14-11-23(12-14)19(24)20-10-15-6-4-8-27-15/h2-8,14H,9-12H2,1H3,(H,20,24). The molecule has 1 fully saturated rings. The van der Waals surface area contributed by atoms with Gasteiger partial charge in [-0.25, -0.2) is 4.79 Å². The molecule has 0 spiro atoms. The summed E-state index contributed by atoms with van der Waals surface area (Å²) in [5, 5.41) is 9.00. The first kappa shape index (κ1) is 17.5. The number of aromatic nitrogens is 2. The zero-order valence-electron chi connectivity index (χ0n) is 14.9. The Kier molecular flexibility index (Phi) is 5.06. The molecule has 0 aliphatic carbocycles. The molecule has 1 N–H and O–H groups in total. The highest BCUT2D eigenvalue weighted by atomic mass is 32.1. The average Bonchev–Trinajstić information content (AvgIpc) is 3.31. The smallest absolute Gasteiger partial charge is 0.317 e. The quantitative estimate of drug-likeness (QED) is 0.707. The molecule has 0 radical (unpaired) electrons. The SMILES string of the molecule is COc1ccccc1Cc1noc(C2CN(C(=O)NCc3cccs3)C2)n1. The maximum absolute atomic E-state index is 12.2. The van der Waals surface area contributed by atoms with Crippen LogP contribution in [0.25, 0.3) is 0 Å². The van der Waals surface area contributed by atoms with Gasteiger partial charge in [0, 0.05) is 30.0 Å². The molecule has 3 heterocycles. The van der Waals surface area contributed by atoms with Crippen molar-refractivity contribution >= 4 is 17.4 Å². The first-order chi connectivity index (χ1) is 13.2. The van der Waals surface area contributed by atoms with Crippen LogP contribution in [-0.4, -0.2) is 41.3 Å². The molecule has 1 aliphatic rings. The van der Waals surface area contributed by atoms with E-state index in [1.165, 1.54) is 0 Å². The molecule has 140 valence electrons. The van der Waals surface area contributed by atoms with Crippen molar-refractivity contribution in [2.24, 2.45) is 0 Å². The number of nitrogens with zero attached hydrogens (tertiary/aromatic N) is 3. The second-order valence-corrected chi connectivity index (χ2v) is 7.41. The number of carbonyl (C=O) groups is 1. The molecule has 2 aromatic heterocycles. The molecular weight excluding hydrogens is 364 g/mol. The van der Waals surface area contributed by atoms with Crippen LogP contribution in [0.1, 0.15) is 28.1 Å². The number of methoxy groups -OCH3 is 1. The Labute approximate surface area is 161 Å². The zero-order valence-corrected chi connectivity index (χ0v) is 15.7. The summed E-state index contributed by atoms with van der Waals surface area (Å²) in [6, 6.07) is 11.7. The number of hydrogen-bond acceptors (Lipinski definition) is 6. The Morgan fingerprint density at radius 2 is 2.19 bits per heavy atom. The van der Waals surface area contributed by atoms with Crippen molar-refractivity contribution in [3.05, 3.63) is 63.9 Å². The molecule has 8 heteroatoms. The van der Waals surface area contributed by atoms with Gasteiger partial charge in [-0.3, -0.25) is 0 Å². The number of benzene rings is 1. The second kappa shape index (κ2) is 7.79. The molecule has 3 aromatic rings. The van der Waals surface area contributed by atoms with Gasteiger partial charge in [-0.2, -0.15) is 4.98 Å². The van der Waals surface area contributed by atoms with E-state index < -0.39 is 0 Å². The molecular formula is C19H20N4O3S. The number of carbonyl (C=O) groups excluding carboxylic acids is 1. The fraction of sp³-hybridized carbons (Fsp3) is 0.316. The Bertz CT molecular complexity index is 903. The third-order valence-corrected chi connectivity index (χ3v) is 5.41. The lowest BCUT2D eigenvalue weighted by molar-refractivity contribution is 0.136. The lowest BCUT2D eigenvalue weighted by atomic mass is 10.0. The zero-order chi connectivity index (χ0) is 18.6. The van der Waals surface area contributed by atoms with E-state index in [4.69, 9.17) is 9.26 Å². The summed E-state index contributed by atoms with van der Waals surface area (Å²) in [6.45, 7) is 1.74. The number of thiophene rings is 1. The maximum atomic E-state index is 12.2. The Balaban J connectivity index is 1.29. The molecule has 0 atom stereocenters. The monoisotopic (exact) mass is 384 g/mol. The number of urea groups is 1. The van der Waals surface area contributed by atoms with Crippen molar-refractivity contribution in [3.8, 4) is 5.75 Å². The average molecular weight is 384 g/mol. The topological polar surface area (TPSA) is 80.5 Å². The third kappa shape index (κ3) is 3.95. The largest absolute Gasteiger partial charge is 0.496 e. The summed E-state index contributed by atoms with van der Waals surface area (Å²) in [6.07, 6.45) is 0.547. The van der Waals surface area contributed by atoms with E-state index in [9.17, 15) is 4.79 Å². The summed E-state index contributed by atoms with van der Waals surface area (Å²) in [4.78, 5) is 19.5. The second-order valence-electron chi connectivity index (χ2n) is 6.38. The molecule has 1 saturated heterocycles. The van der Waals surface area contributed by atoms with E-state index >= 15 is 0 Å². The highest BCUT2D eigenvalue weighted by Gasteiger charge is 2.35. The highest BCUT2D eigenvalue weighted by molar-refractivity contribution is 7.09. The van der Waals surface area contributed by atoms with E-state index in [0.29, 0.717) is 37.8 Å². The first-order valence-corrected chi connectivity index (χ1v) is 9.60. The Morgan fingerprint density at radius 3 is 2.96 bits per heavy atom. The van der Waals surface area contributed by atoms with Crippen LogP contribution in [0.5, 0.6) is 5.75 Å². The summed E-state index contributed by atoms with van der Waals surface area (Å²) in [7, 11) is 1.65. The molecule has 27 heavy (non-hydrogen) atoms. The predicted octanol–water partition coefficient (Wildman–Crippen LogP) is 3.04. The Morgan fingerprint density at radius 1 is 1.33 bits per heavy atom. The van der Waals surface area contributed by atoms with Gasteiger partial charge >= 0.3 is 6.03 Å². The van der Waals surface area contributed by atoms with Crippen molar-refractivity contribution in [1.82, 2.24) is 20.4 Å². The molecule has 2 amide bonds. The number of hydrogen-bond donors (Lipinski definition) is 1. The normalized spacial score (nSPS) is 14.0. The van der Waals surface area contributed by atoms with Crippen molar-refractivity contribution in [2.75, 3.05) is 20.2 Å². The number of nitrogens with one attached hydrogen (secondary N) is 1. The number of rotatable bonds is 6. The molecule has 1 aromatic carbocycles. The van der Waals surface area contributed by atoms with Gasteiger partial charge in [0.05, 0.1) is 19.6 Å². The fourth-order valence-electron chi connectivity index (χ4n) is 3.01. The van der Waals surface area contributed by atoms with Gasteiger partial charge in [0.2, 0.25) is 5.89 Å². The molecule has 7 nitrogen and oxygen atoms in total. The van der Waals surface area contributed by atoms with Crippen LogP contribution < -0.4 is 10.1 Å². The number of ether oxygens (including phenoxy) is 1. The van der Waals surface area contributed by atoms with Gasteiger partial charge < -0.3 is 19.5 Å². The van der Waals surface area contributed by atoms with Crippen molar-refractivity contribution < 1.29 is 14.1 Å². The number of para-hydroxylation sites is 1. The van der Waals surface area contributed by atoms with Crippen LogP contribution in [-0.2, 0) is 13.0 Å². The molecule has 0 unspecified atom stereocenters. The molecule has 0 saturated carbocycles. The minimum Gasteiger partial charge on any atom is -0.496 e. The summed E-state index contributed by atoms with van der Waals surface area (Å²) >= 11 is 1.63. The minimum atomic E-state index is -0.0617. The number of amides is 2. The van der Waals surface area contributed by atoms with Crippen LogP contribution in [0, 0.1) is 0 Å². The fourth-order valence-corrected chi connectivity index (χ4v) is 3.66. The van der Waals surface area contributed by atoms with Crippen LogP contribution in [0.15, 0.2) is 46.3 Å². The van der Waals surface area contributed by atoms with E-state index in [0.717, 1.165) is 16.2 Å². The van der Waals surface area contributed by atoms with Crippen LogP contribution in [0.2, 0.25) is 0 Å². The van der Waals surface area contributed by atoms with Crippen molar-refractivity contribution in [2.45, 2.75) is 18.9 Å². The number of likely N-dealkylation sites (tertiary alicyclic amines) is 1. The van der Waals surface area contributed by atoms with E-state index in [-0.39, 0.29) is 11.9 Å².